The summed E-state index contributed by atoms with van der Waals surface area (Å²) in [5.41, 5.74) is 0.766. The molecule has 0 saturated carbocycles. The maximum Gasteiger partial charge on any atom is 0.241 e. The Labute approximate surface area is 107 Å². The van der Waals surface area contributed by atoms with Crippen molar-refractivity contribution in [1.29, 1.82) is 0 Å². The van der Waals surface area contributed by atoms with E-state index in [1.54, 1.807) is 14.0 Å². The molecule has 0 heterocycles. The highest BCUT2D eigenvalue weighted by atomic mass is 16.2. The van der Waals surface area contributed by atoms with E-state index in [1.807, 2.05) is 30.3 Å². The third kappa shape index (κ3) is 4.97. The third-order valence-electron chi connectivity index (χ3n) is 2.52. The van der Waals surface area contributed by atoms with Crippen LogP contribution in [0.5, 0.6) is 0 Å². The first-order chi connectivity index (χ1) is 8.63. The molecule has 1 rings (SSSR count). The molecule has 1 aromatic rings. The van der Waals surface area contributed by atoms with E-state index in [-0.39, 0.29) is 17.9 Å². The highest BCUT2D eigenvalue weighted by Gasteiger charge is 2.12. The van der Waals surface area contributed by atoms with Gasteiger partial charge in [0.1, 0.15) is 0 Å². The van der Waals surface area contributed by atoms with E-state index in [1.165, 1.54) is 0 Å². The number of amides is 2. The van der Waals surface area contributed by atoms with Gasteiger partial charge >= 0.3 is 0 Å². The van der Waals surface area contributed by atoms with Crippen LogP contribution in [0.2, 0.25) is 0 Å². The van der Waals surface area contributed by atoms with E-state index >= 15 is 0 Å². The zero-order chi connectivity index (χ0) is 13.4. The summed E-state index contributed by atoms with van der Waals surface area (Å²) >= 11 is 0. The van der Waals surface area contributed by atoms with Crippen LogP contribution in [-0.2, 0) is 9.59 Å². The molecule has 18 heavy (non-hydrogen) atoms. The third-order valence-corrected chi connectivity index (χ3v) is 2.52. The minimum atomic E-state index is -0.338. The minimum Gasteiger partial charge on any atom is -0.359 e. The standard InChI is InChI=1S/C13H19N3O2/c1-10(15-9-8-12(17)14-2)13(18)16-11-6-4-3-5-7-11/h3-7,10,15H,8-9H2,1-2H3,(H,14,17)(H,16,18). The van der Waals surface area contributed by atoms with Gasteiger partial charge in [-0.25, -0.2) is 0 Å². The summed E-state index contributed by atoms with van der Waals surface area (Å²) in [5.74, 6) is -0.156. The van der Waals surface area contributed by atoms with Crippen LogP contribution in [0.1, 0.15) is 13.3 Å². The summed E-state index contributed by atoms with van der Waals surface area (Å²) < 4.78 is 0. The molecule has 5 heteroatoms. The fourth-order valence-corrected chi connectivity index (χ4v) is 1.39. The Bertz CT molecular complexity index is 392. The first-order valence-electron chi connectivity index (χ1n) is 5.93. The molecule has 1 aromatic carbocycles. The summed E-state index contributed by atoms with van der Waals surface area (Å²) in [6, 6.07) is 8.93. The highest BCUT2D eigenvalue weighted by Crippen LogP contribution is 2.05. The summed E-state index contributed by atoms with van der Waals surface area (Å²) in [7, 11) is 1.59. The average Bonchev–Trinajstić information content (AvgIpc) is 2.39. The average molecular weight is 249 g/mol. The molecule has 98 valence electrons. The SMILES string of the molecule is CNC(=O)CCNC(C)C(=O)Nc1ccccc1. The predicted molar refractivity (Wildman–Crippen MR) is 71.2 cm³/mol. The van der Waals surface area contributed by atoms with Crippen molar-refractivity contribution < 1.29 is 9.59 Å². The van der Waals surface area contributed by atoms with Crippen LogP contribution in [0, 0.1) is 0 Å². The molecule has 0 aliphatic carbocycles. The van der Waals surface area contributed by atoms with Crippen molar-refractivity contribution in [3.05, 3.63) is 30.3 Å². The van der Waals surface area contributed by atoms with Crippen LogP contribution in [0.25, 0.3) is 0 Å². The molecular weight excluding hydrogens is 230 g/mol. The van der Waals surface area contributed by atoms with Gasteiger partial charge in [0.05, 0.1) is 6.04 Å². The lowest BCUT2D eigenvalue weighted by atomic mass is 10.2. The van der Waals surface area contributed by atoms with Crippen LogP contribution < -0.4 is 16.0 Å². The van der Waals surface area contributed by atoms with E-state index in [0.717, 1.165) is 5.69 Å². The molecule has 0 aromatic heterocycles. The van der Waals surface area contributed by atoms with Crippen molar-refractivity contribution in [1.82, 2.24) is 10.6 Å². The molecule has 1 atom stereocenters. The van der Waals surface area contributed by atoms with E-state index in [4.69, 9.17) is 0 Å². The lowest BCUT2D eigenvalue weighted by Crippen LogP contribution is -2.39. The van der Waals surface area contributed by atoms with Crippen molar-refractivity contribution in [2.45, 2.75) is 19.4 Å². The van der Waals surface area contributed by atoms with Gasteiger partial charge in [0.25, 0.3) is 0 Å². The number of para-hydroxylation sites is 1. The predicted octanol–water partition coefficient (Wildman–Crippen LogP) is 0.739. The molecule has 0 aliphatic rings. The quantitative estimate of drug-likeness (QED) is 0.696. The Morgan fingerprint density at radius 1 is 1.22 bits per heavy atom. The normalized spacial score (nSPS) is 11.7. The molecular formula is C13H19N3O2. The van der Waals surface area contributed by atoms with Gasteiger partial charge in [0.15, 0.2) is 0 Å². The zero-order valence-corrected chi connectivity index (χ0v) is 10.7. The molecule has 5 nitrogen and oxygen atoms in total. The molecule has 0 aliphatic heterocycles. The Morgan fingerprint density at radius 2 is 1.89 bits per heavy atom. The fraction of sp³-hybridized carbons (Fsp3) is 0.385. The largest absolute Gasteiger partial charge is 0.359 e. The van der Waals surface area contributed by atoms with Crippen molar-refractivity contribution in [3.8, 4) is 0 Å². The fourth-order valence-electron chi connectivity index (χ4n) is 1.39. The van der Waals surface area contributed by atoms with Gasteiger partial charge in [-0.05, 0) is 19.1 Å². The van der Waals surface area contributed by atoms with E-state index in [9.17, 15) is 9.59 Å². The van der Waals surface area contributed by atoms with Gasteiger partial charge in [0.2, 0.25) is 11.8 Å². The number of nitrogens with one attached hydrogen (secondary N) is 3. The first kappa shape index (κ1) is 14.2. The second kappa shape index (κ2) is 7.45. The minimum absolute atomic E-state index is 0.0434. The van der Waals surface area contributed by atoms with Crippen molar-refractivity contribution in [2.24, 2.45) is 0 Å². The maximum absolute atomic E-state index is 11.8. The number of anilines is 1. The Kier molecular flexibility index (Phi) is 5.87. The molecule has 1 unspecified atom stereocenters. The van der Waals surface area contributed by atoms with Crippen LogP contribution in [-0.4, -0.2) is 31.4 Å². The van der Waals surface area contributed by atoms with E-state index in [2.05, 4.69) is 16.0 Å². The zero-order valence-electron chi connectivity index (χ0n) is 10.7. The lowest BCUT2D eigenvalue weighted by Gasteiger charge is -2.13. The van der Waals surface area contributed by atoms with Gasteiger partial charge in [-0.3, -0.25) is 9.59 Å². The van der Waals surface area contributed by atoms with Gasteiger partial charge in [-0.1, -0.05) is 18.2 Å². The molecule has 2 amide bonds. The topological polar surface area (TPSA) is 70.2 Å². The first-order valence-corrected chi connectivity index (χ1v) is 5.93. The molecule has 0 saturated heterocycles. The summed E-state index contributed by atoms with van der Waals surface area (Å²) in [6.07, 6.45) is 0.361. The number of carbonyl (C=O) groups is 2. The van der Waals surface area contributed by atoms with Crippen molar-refractivity contribution in [2.75, 3.05) is 18.9 Å². The van der Waals surface area contributed by atoms with Crippen LogP contribution in [0.15, 0.2) is 30.3 Å². The van der Waals surface area contributed by atoms with E-state index in [0.29, 0.717) is 13.0 Å². The van der Waals surface area contributed by atoms with Crippen molar-refractivity contribution in [3.63, 3.8) is 0 Å². The number of rotatable bonds is 6. The summed E-state index contributed by atoms with van der Waals surface area (Å²) in [5, 5.41) is 8.32. The number of hydrogen-bond acceptors (Lipinski definition) is 3. The maximum atomic E-state index is 11.8. The smallest absolute Gasteiger partial charge is 0.241 e. The Balaban J connectivity index is 2.31. The van der Waals surface area contributed by atoms with Crippen molar-refractivity contribution >= 4 is 17.5 Å². The summed E-state index contributed by atoms with van der Waals surface area (Å²) in [4.78, 5) is 22.8. The molecule has 3 N–H and O–H groups in total. The molecule has 0 fully saturated rings. The van der Waals surface area contributed by atoms with E-state index < -0.39 is 0 Å². The number of hydrogen-bond donors (Lipinski definition) is 3. The lowest BCUT2D eigenvalue weighted by molar-refractivity contribution is -0.121. The summed E-state index contributed by atoms with van der Waals surface area (Å²) in [6.45, 7) is 2.24. The van der Waals surface area contributed by atoms with Gasteiger partial charge in [-0.15, -0.1) is 0 Å². The van der Waals surface area contributed by atoms with Gasteiger partial charge in [0, 0.05) is 25.7 Å². The second-order valence-electron chi connectivity index (χ2n) is 3.95. The second-order valence-corrected chi connectivity index (χ2v) is 3.95. The highest BCUT2D eigenvalue weighted by molar-refractivity contribution is 5.94. The van der Waals surface area contributed by atoms with Gasteiger partial charge in [-0.2, -0.15) is 0 Å². The number of benzene rings is 1. The Morgan fingerprint density at radius 3 is 2.50 bits per heavy atom. The van der Waals surface area contributed by atoms with Crippen LogP contribution >= 0.6 is 0 Å². The molecule has 0 spiro atoms. The molecule has 0 radical (unpaired) electrons. The number of carbonyl (C=O) groups excluding carboxylic acids is 2. The van der Waals surface area contributed by atoms with Gasteiger partial charge < -0.3 is 16.0 Å². The van der Waals surface area contributed by atoms with Crippen LogP contribution in [0.4, 0.5) is 5.69 Å². The van der Waals surface area contributed by atoms with Crippen LogP contribution in [0.3, 0.4) is 0 Å². The Hall–Kier alpha value is -1.88. The monoisotopic (exact) mass is 249 g/mol. The molecule has 0 bridgehead atoms.